The first-order valence-corrected chi connectivity index (χ1v) is 11.0. The fourth-order valence-corrected chi connectivity index (χ4v) is 5.22. The number of hydrogen-bond donors (Lipinski definition) is 1. The minimum atomic E-state index is -1.46. The molecule has 1 unspecified atom stereocenters. The predicted molar refractivity (Wildman–Crippen MR) is 119 cm³/mol. The summed E-state index contributed by atoms with van der Waals surface area (Å²) in [6.07, 6.45) is 3.52. The second-order valence-corrected chi connectivity index (χ2v) is 8.52. The van der Waals surface area contributed by atoms with Gasteiger partial charge in [0.25, 0.3) is 0 Å². The number of aromatic nitrogens is 2. The Morgan fingerprint density at radius 2 is 1.40 bits per heavy atom. The van der Waals surface area contributed by atoms with Crippen LogP contribution < -0.4 is 0 Å². The van der Waals surface area contributed by atoms with Gasteiger partial charge >= 0.3 is 0 Å². The maximum atomic E-state index is 13.6. The van der Waals surface area contributed by atoms with Crippen LogP contribution in [0, 0.1) is 0 Å². The monoisotopic (exact) mass is 414 g/mol. The Hall–Kier alpha value is -3.31. The lowest BCUT2D eigenvalue weighted by molar-refractivity contribution is 0.0973. The molecule has 3 aromatic carbocycles. The number of nitrogens with one attached hydrogen (secondary N) is 1. The van der Waals surface area contributed by atoms with Crippen molar-refractivity contribution in [2.24, 2.45) is 0 Å². The van der Waals surface area contributed by atoms with E-state index in [1.807, 2.05) is 91.0 Å². The molecular weight excluding hydrogens is 392 g/mol. The van der Waals surface area contributed by atoms with E-state index in [0.29, 0.717) is 10.7 Å². The Morgan fingerprint density at radius 3 is 1.97 bits per heavy atom. The molecule has 1 aromatic heterocycles. The average molecular weight is 415 g/mol. The lowest BCUT2D eigenvalue weighted by atomic mass is 9.86. The Balaban J connectivity index is 1.79. The van der Waals surface area contributed by atoms with Gasteiger partial charge in [-0.3, -0.25) is 9.00 Å². The third-order valence-electron chi connectivity index (χ3n) is 5.12. The molecule has 0 radical (unpaired) electrons. The van der Waals surface area contributed by atoms with Gasteiger partial charge in [-0.25, -0.2) is 4.98 Å². The molecule has 0 aliphatic rings. The first-order chi connectivity index (χ1) is 14.7. The third-order valence-corrected chi connectivity index (χ3v) is 6.78. The van der Waals surface area contributed by atoms with Crippen LogP contribution in [-0.2, 0) is 10.8 Å². The highest BCUT2D eigenvalue weighted by molar-refractivity contribution is 7.85. The highest BCUT2D eigenvalue weighted by Crippen LogP contribution is 2.40. The van der Waals surface area contributed by atoms with E-state index in [1.165, 1.54) is 0 Å². The van der Waals surface area contributed by atoms with Crippen molar-refractivity contribution in [3.63, 3.8) is 0 Å². The number of imidazole rings is 1. The van der Waals surface area contributed by atoms with Gasteiger partial charge in [0.1, 0.15) is 0 Å². The van der Waals surface area contributed by atoms with Crippen molar-refractivity contribution in [1.29, 1.82) is 0 Å². The molecule has 0 saturated carbocycles. The average Bonchev–Trinajstić information content (AvgIpc) is 3.35. The van der Waals surface area contributed by atoms with Crippen molar-refractivity contribution in [3.05, 3.63) is 120 Å². The van der Waals surface area contributed by atoms with Crippen molar-refractivity contribution in [1.82, 2.24) is 9.97 Å². The van der Waals surface area contributed by atoms with E-state index in [4.69, 9.17) is 0 Å². The second kappa shape index (κ2) is 9.46. The predicted octanol–water partition coefficient (Wildman–Crippen LogP) is 5.32. The zero-order valence-electron chi connectivity index (χ0n) is 16.3. The molecule has 0 fully saturated rings. The minimum absolute atomic E-state index is 0.0295. The van der Waals surface area contributed by atoms with Crippen molar-refractivity contribution in [3.8, 4) is 0 Å². The standard InChI is InChI=1S/C25H22N2O2S/c28-23(20-12-6-2-7-13-20)18-22(19-10-4-1-5-11-19)24(21-14-8-3-9-15-21)30(29)25-26-16-17-27-25/h1-17,22,24H,18H2,(H,26,27)/t22-,24+,30?/m0/s1. The molecular formula is C25H22N2O2S. The van der Waals surface area contributed by atoms with E-state index in [1.54, 1.807) is 12.4 Å². The Bertz CT molecular complexity index is 1100. The quantitative estimate of drug-likeness (QED) is 0.397. The summed E-state index contributed by atoms with van der Waals surface area (Å²) in [5, 5.41) is -0.00986. The Kier molecular flexibility index (Phi) is 6.30. The summed E-state index contributed by atoms with van der Waals surface area (Å²) in [5.41, 5.74) is 2.56. The van der Waals surface area contributed by atoms with E-state index >= 15 is 0 Å². The van der Waals surface area contributed by atoms with Gasteiger partial charge in [0.05, 0.1) is 16.0 Å². The zero-order chi connectivity index (χ0) is 20.8. The van der Waals surface area contributed by atoms with Crippen LogP contribution in [0.5, 0.6) is 0 Å². The van der Waals surface area contributed by atoms with Gasteiger partial charge in [0.2, 0.25) is 0 Å². The summed E-state index contributed by atoms with van der Waals surface area (Å²) < 4.78 is 13.6. The molecule has 0 spiro atoms. The van der Waals surface area contributed by atoms with Gasteiger partial charge in [0, 0.05) is 30.3 Å². The molecule has 0 saturated heterocycles. The molecule has 1 heterocycles. The van der Waals surface area contributed by atoms with Crippen LogP contribution in [0.1, 0.15) is 39.1 Å². The van der Waals surface area contributed by atoms with Crippen LogP contribution in [-0.4, -0.2) is 20.0 Å². The molecule has 0 aliphatic carbocycles. The first kappa shape index (κ1) is 20.0. The number of carbonyl (C=O) groups is 1. The highest BCUT2D eigenvalue weighted by atomic mass is 32.2. The topological polar surface area (TPSA) is 62.8 Å². The van der Waals surface area contributed by atoms with Crippen LogP contribution >= 0.6 is 0 Å². The smallest absolute Gasteiger partial charge is 0.196 e. The third kappa shape index (κ3) is 4.47. The molecule has 4 nitrogen and oxygen atoms in total. The molecule has 150 valence electrons. The summed E-state index contributed by atoms with van der Waals surface area (Å²) >= 11 is 0. The summed E-state index contributed by atoms with van der Waals surface area (Å²) in [6.45, 7) is 0. The van der Waals surface area contributed by atoms with Gasteiger partial charge in [-0.2, -0.15) is 0 Å². The number of aromatic amines is 1. The number of Topliss-reactive ketones (excluding diaryl/α,β-unsaturated/α-hetero) is 1. The highest BCUT2D eigenvalue weighted by Gasteiger charge is 2.33. The second-order valence-electron chi connectivity index (χ2n) is 7.03. The van der Waals surface area contributed by atoms with Crippen molar-refractivity contribution in [2.45, 2.75) is 22.7 Å². The van der Waals surface area contributed by atoms with E-state index in [-0.39, 0.29) is 18.1 Å². The number of benzene rings is 3. The minimum Gasteiger partial charge on any atom is -0.338 e. The fourth-order valence-electron chi connectivity index (χ4n) is 3.67. The maximum Gasteiger partial charge on any atom is 0.196 e. The summed E-state index contributed by atoms with van der Waals surface area (Å²) in [5.74, 6) is -0.242. The van der Waals surface area contributed by atoms with Crippen LogP contribution in [0.25, 0.3) is 0 Å². The number of ketones is 1. The van der Waals surface area contributed by atoms with Gasteiger partial charge in [-0.05, 0) is 11.1 Å². The molecule has 0 bridgehead atoms. The number of H-pyrrole nitrogens is 1. The van der Waals surface area contributed by atoms with E-state index in [0.717, 1.165) is 11.1 Å². The normalized spacial score (nSPS) is 14.0. The van der Waals surface area contributed by atoms with Crippen molar-refractivity contribution >= 4 is 16.6 Å². The van der Waals surface area contributed by atoms with Crippen molar-refractivity contribution in [2.75, 3.05) is 0 Å². The zero-order valence-corrected chi connectivity index (χ0v) is 17.2. The van der Waals surface area contributed by atoms with Gasteiger partial charge in [-0.15, -0.1) is 0 Å². The lowest BCUT2D eigenvalue weighted by Crippen LogP contribution is -2.20. The number of hydrogen-bond acceptors (Lipinski definition) is 3. The van der Waals surface area contributed by atoms with Crippen LogP contribution in [0.4, 0.5) is 0 Å². The number of carbonyl (C=O) groups excluding carboxylic acids is 1. The van der Waals surface area contributed by atoms with Gasteiger partial charge in [-0.1, -0.05) is 91.0 Å². The molecule has 3 atom stereocenters. The van der Waals surface area contributed by atoms with E-state index in [2.05, 4.69) is 9.97 Å². The maximum absolute atomic E-state index is 13.6. The van der Waals surface area contributed by atoms with Gasteiger partial charge in [0.15, 0.2) is 10.9 Å². The first-order valence-electron chi connectivity index (χ1n) is 9.82. The fraction of sp³-hybridized carbons (Fsp3) is 0.120. The number of nitrogens with zero attached hydrogens (tertiary/aromatic N) is 1. The van der Waals surface area contributed by atoms with Crippen molar-refractivity contribution < 1.29 is 9.00 Å². The Labute approximate surface area is 178 Å². The molecule has 5 heteroatoms. The van der Waals surface area contributed by atoms with Crippen LogP contribution in [0.2, 0.25) is 0 Å². The largest absolute Gasteiger partial charge is 0.338 e. The van der Waals surface area contributed by atoms with E-state index < -0.39 is 16.0 Å². The van der Waals surface area contributed by atoms with Crippen LogP contribution in [0.15, 0.2) is 109 Å². The SMILES string of the molecule is O=C(C[C@@H](c1ccccc1)[C@@H](c1ccccc1)S(=O)c1ncc[nH]1)c1ccccc1. The lowest BCUT2D eigenvalue weighted by Gasteiger charge is -2.26. The molecule has 0 amide bonds. The molecule has 1 N–H and O–H groups in total. The Morgan fingerprint density at radius 1 is 0.833 bits per heavy atom. The number of rotatable bonds is 8. The van der Waals surface area contributed by atoms with Crippen LogP contribution in [0.3, 0.4) is 0 Å². The molecule has 30 heavy (non-hydrogen) atoms. The molecule has 4 rings (SSSR count). The molecule has 4 aromatic rings. The summed E-state index contributed by atoms with van der Waals surface area (Å²) in [7, 11) is -1.46. The summed E-state index contributed by atoms with van der Waals surface area (Å²) in [4.78, 5) is 20.4. The van der Waals surface area contributed by atoms with Gasteiger partial charge < -0.3 is 4.98 Å². The summed E-state index contributed by atoms with van der Waals surface area (Å²) in [6, 6.07) is 28.8. The molecule has 0 aliphatic heterocycles. The van der Waals surface area contributed by atoms with E-state index in [9.17, 15) is 9.00 Å².